The second-order valence-electron chi connectivity index (χ2n) is 5.52. The van der Waals surface area contributed by atoms with Gasteiger partial charge in [-0.05, 0) is 38.7 Å². The van der Waals surface area contributed by atoms with Gasteiger partial charge in [0.25, 0.3) is 0 Å². The maximum atomic E-state index is 11.9. The van der Waals surface area contributed by atoms with Crippen LogP contribution in [0.1, 0.15) is 44.0 Å². The molecule has 5 nitrogen and oxygen atoms in total. The van der Waals surface area contributed by atoms with E-state index in [9.17, 15) is 4.79 Å². The van der Waals surface area contributed by atoms with Crippen molar-refractivity contribution in [3.8, 4) is 0 Å². The minimum Gasteiger partial charge on any atom is -0.462 e. The summed E-state index contributed by atoms with van der Waals surface area (Å²) in [5.74, 6) is 1.16. The standard InChI is InChI=1S/C15H23N3O2/c1-4-20-15(19)12-8-14(17-9-13(12)16)18-6-5-10(2)7-11(18)3/h8-11H,4-7,16H2,1-3H3. The molecule has 0 saturated carbocycles. The number of nitrogens with two attached hydrogens (primary N) is 1. The van der Waals surface area contributed by atoms with Crippen molar-refractivity contribution in [1.82, 2.24) is 4.98 Å². The van der Waals surface area contributed by atoms with Crippen molar-refractivity contribution in [2.75, 3.05) is 23.8 Å². The van der Waals surface area contributed by atoms with Gasteiger partial charge in [0, 0.05) is 12.6 Å². The molecule has 1 aliphatic rings. The largest absolute Gasteiger partial charge is 0.462 e. The summed E-state index contributed by atoms with van der Waals surface area (Å²) in [6.45, 7) is 7.55. The first-order chi connectivity index (χ1) is 9.52. The normalized spacial score (nSPS) is 22.6. The van der Waals surface area contributed by atoms with Crippen LogP contribution in [0.15, 0.2) is 12.3 Å². The lowest BCUT2D eigenvalue weighted by Gasteiger charge is -2.37. The third kappa shape index (κ3) is 3.03. The summed E-state index contributed by atoms with van der Waals surface area (Å²) in [5, 5.41) is 0. The number of esters is 1. The number of hydrogen-bond donors (Lipinski definition) is 1. The summed E-state index contributed by atoms with van der Waals surface area (Å²) in [7, 11) is 0. The molecule has 110 valence electrons. The molecule has 2 atom stereocenters. The second kappa shape index (κ2) is 6.11. The molecule has 5 heteroatoms. The number of nitrogens with zero attached hydrogens (tertiary/aromatic N) is 2. The van der Waals surface area contributed by atoms with Gasteiger partial charge in [-0.2, -0.15) is 0 Å². The van der Waals surface area contributed by atoms with Crippen molar-refractivity contribution in [3.05, 3.63) is 17.8 Å². The molecule has 20 heavy (non-hydrogen) atoms. The molecule has 1 aromatic rings. The number of carbonyl (C=O) groups is 1. The van der Waals surface area contributed by atoms with Crippen LogP contribution in [-0.2, 0) is 4.74 Å². The fourth-order valence-corrected chi connectivity index (χ4v) is 2.75. The predicted molar refractivity (Wildman–Crippen MR) is 79.8 cm³/mol. The first kappa shape index (κ1) is 14.6. The maximum absolute atomic E-state index is 11.9. The molecule has 2 N–H and O–H groups in total. The molecule has 0 aromatic carbocycles. The molecular weight excluding hydrogens is 254 g/mol. The number of rotatable bonds is 3. The Balaban J connectivity index is 2.25. The predicted octanol–water partition coefficient (Wildman–Crippen LogP) is 2.47. The number of anilines is 2. The van der Waals surface area contributed by atoms with E-state index in [2.05, 4.69) is 23.7 Å². The molecule has 0 bridgehead atoms. The van der Waals surface area contributed by atoms with Crippen LogP contribution < -0.4 is 10.6 Å². The van der Waals surface area contributed by atoms with Crippen molar-refractivity contribution in [3.63, 3.8) is 0 Å². The number of carbonyl (C=O) groups excluding carboxylic acids is 1. The van der Waals surface area contributed by atoms with Gasteiger partial charge in [0.2, 0.25) is 0 Å². The van der Waals surface area contributed by atoms with E-state index in [4.69, 9.17) is 10.5 Å². The molecule has 0 radical (unpaired) electrons. The van der Waals surface area contributed by atoms with E-state index >= 15 is 0 Å². The molecule has 2 unspecified atom stereocenters. The number of hydrogen-bond acceptors (Lipinski definition) is 5. The van der Waals surface area contributed by atoms with E-state index < -0.39 is 0 Å². The summed E-state index contributed by atoms with van der Waals surface area (Å²) in [6.07, 6.45) is 3.83. The zero-order chi connectivity index (χ0) is 14.7. The average Bonchev–Trinajstić information content (AvgIpc) is 2.40. The molecule has 1 fully saturated rings. The molecule has 0 amide bonds. The molecule has 2 rings (SSSR count). The van der Waals surface area contributed by atoms with Crippen LogP contribution in [0, 0.1) is 5.92 Å². The average molecular weight is 277 g/mol. The van der Waals surface area contributed by atoms with Crippen LogP contribution in [-0.4, -0.2) is 30.1 Å². The Kier molecular flexibility index (Phi) is 4.47. The van der Waals surface area contributed by atoms with Crippen LogP contribution in [0.4, 0.5) is 11.5 Å². The molecule has 1 aliphatic heterocycles. The van der Waals surface area contributed by atoms with Gasteiger partial charge in [-0.25, -0.2) is 9.78 Å². The highest BCUT2D eigenvalue weighted by atomic mass is 16.5. The zero-order valence-electron chi connectivity index (χ0n) is 12.4. The Morgan fingerprint density at radius 3 is 2.95 bits per heavy atom. The van der Waals surface area contributed by atoms with E-state index in [1.165, 1.54) is 0 Å². The molecule has 0 spiro atoms. The van der Waals surface area contributed by atoms with Crippen molar-refractivity contribution in [1.29, 1.82) is 0 Å². The van der Waals surface area contributed by atoms with E-state index in [0.717, 1.165) is 31.1 Å². The quantitative estimate of drug-likeness (QED) is 0.860. The highest BCUT2D eigenvalue weighted by molar-refractivity contribution is 5.95. The van der Waals surface area contributed by atoms with Crippen LogP contribution in [0.5, 0.6) is 0 Å². The van der Waals surface area contributed by atoms with Gasteiger partial charge in [0.15, 0.2) is 0 Å². The Hall–Kier alpha value is -1.78. The second-order valence-corrected chi connectivity index (χ2v) is 5.52. The summed E-state index contributed by atoms with van der Waals surface area (Å²) < 4.78 is 5.03. The maximum Gasteiger partial charge on any atom is 0.340 e. The fraction of sp³-hybridized carbons (Fsp3) is 0.600. The molecule has 1 saturated heterocycles. The summed E-state index contributed by atoms with van der Waals surface area (Å²) in [4.78, 5) is 18.5. The van der Waals surface area contributed by atoms with Gasteiger partial charge in [-0.3, -0.25) is 0 Å². The molecule has 2 heterocycles. The Morgan fingerprint density at radius 2 is 2.30 bits per heavy atom. The first-order valence-electron chi connectivity index (χ1n) is 7.22. The number of nitrogen functional groups attached to an aromatic ring is 1. The number of ether oxygens (including phenoxy) is 1. The number of aromatic nitrogens is 1. The Morgan fingerprint density at radius 1 is 1.55 bits per heavy atom. The Labute approximate surface area is 120 Å². The molecule has 1 aromatic heterocycles. The fourth-order valence-electron chi connectivity index (χ4n) is 2.75. The van der Waals surface area contributed by atoms with E-state index in [-0.39, 0.29) is 5.97 Å². The molecular formula is C15H23N3O2. The highest BCUT2D eigenvalue weighted by Gasteiger charge is 2.25. The SMILES string of the molecule is CCOC(=O)c1cc(N2CCC(C)CC2C)ncc1N. The topological polar surface area (TPSA) is 68.5 Å². The smallest absolute Gasteiger partial charge is 0.340 e. The number of pyridine rings is 1. The monoisotopic (exact) mass is 277 g/mol. The lowest BCUT2D eigenvalue weighted by molar-refractivity contribution is 0.0527. The van der Waals surface area contributed by atoms with Crippen LogP contribution in [0.3, 0.4) is 0 Å². The lowest BCUT2D eigenvalue weighted by atomic mass is 9.93. The highest BCUT2D eigenvalue weighted by Crippen LogP contribution is 2.28. The zero-order valence-corrected chi connectivity index (χ0v) is 12.4. The van der Waals surface area contributed by atoms with Gasteiger partial charge >= 0.3 is 5.97 Å². The summed E-state index contributed by atoms with van der Waals surface area (Å²) >= 11 is 0. The van der Waals surface area contributed by atoms with Gasteiger partial charge in [-0.15, -0.1) is 0 Å². The van der Waals surface area contributed by atoms with Gasteiger partial charge < -0.3 is 15.4 Å². The summed E-state index contributed by atoms with van der Waals surface area (Å²) in [5.41, 5.74) is 6.60. The van der Waals surface area contributed by atoms with Crippen molar-refractivity contribution in [2.45, 2.75) is 39.7 Å². The van der Waals surface area contributed by atoms with Crippen molar-refractivity contribution >= 4 is 17.5 Å². The van der Waals surface area contributed by atoms with Crippen molar-refractivity contribution < 1.29 is 9.53 Å². The first-order valence-corrected chi connectivity index (χ1v) is 7.22. The van der Waals surface area contributed by atoms with Crippen LogP contribution >= 0.6 is 0 Å². The minimum atomic E-state index is -0.383. The van der Waals surface area contributed by atoms with E-state index in [1.807, 2.05) is 0 Å². The lowest BCUT2D eigenvalue weighted by Crippen LogP contribution is -2.40. The van der Waals surface area contributed by atoms with Gasteiger partial charge in [0.1, 0.15) is 5.82 Å². The van der Waals surface area contributed by atoms with Crippen LogP contribution in [0.25, 0.3) is 0 Å². The minimum absolute atomic E-state index is 0.341. The van der Waals surface area contributed by atoms with E-state index in [1.54, 1.807) is 19.2 Å². The third-order valence-electron chi connectivity index (χ3n) is 3.85. The van der Waals surface area contributed by atoms with Crippen LogP contribution in [0.2, 0.25) is 0 Å². The number of piperidine rings is 1. The summed E-state index contributed by atoms with van der Waals surface area (Å²) in [6, 6.07) is 2.17. The van der Waals surface area contributed by atoms with Gasteiger partial charge in [-0.1, -0.05) is 6.92 Å². The van der Waals surface area contributed by atoms with Crippen molar-refractivity contribution in [2.24, 2.45) is 5.92 Å². The Bertz CT molecular complexity index is 490. The molecule has 0 aliphatic carbocycles. The van der Waals surface area contributed by atoms with E-state index in [0.29, 0.717) is 23.9 Å². The third-order valence-corrected chi connectivity index (χ3v) is 3.85. The van der Waals surface area contributed by atoms with Gasteiger partial charge in [0.05, 0.1) is 24.1 Å².